The summed E-state index contributed by atoms with van der Waals surface area (Å²) in [6.45, 7) is 2.05. The second kappa shape index (κ2) is 5.36. The molecule has 1 fully saturated rings. The molecule has 0 saturated carbocycles. The lowest BCUT2D eigenvalue weighted by atomic mass is 9.97. The normalized spacial score (nSPS) is 24.5. The lowest BCUT2D eigenvalue weighted by Crippen LogP contribution is -2.48. The van der Waals surface area contributed by atoms with Gasteiger partial charge in [-0.3, -0.25) is 4.98 Å². The number of aromatic nitrogens is 1. The minimum absolute atomic E-state index is 0.00907. The van der Waals surface area contributed by atoms with Crippen molar-refractivity contribution in [3.05, 3.63) is 24.0 Å². The highest BCUT2D eigenvalue weighted by atomic mass is 32.2. The molecule has 1 aromatic heterocycles. The van der Waals surface area contributed by atoms with E-state index >= 15 is 0 Å². The number of hydrogen-bond acceptors (Lipinski definition) is 5. The minimum Gasteiger partial charge on any atom is -0.389 e. The topological polar surface area (TPSA) is 96.5 Å². The molecule has 0 amide bonds. The zero-order valence-corrected chi connectivity index (χ0v) is 12.7. The van der Waals surface area contributed by atoms with E-state index in [1.165, 1.54) is 22.6 Å². The number of thiocarbonyl (C=S) groups is 1. The van der Waals surface area contributed by atoms with Crippen molar-refractivity contribution in [1.29, 1.82) is 0 Å². The third-order valence-corrected chi connectivity index (χ3v) is 5.33. The van der Waals surface area contributed by atoms with Gasteiger partial charge in [-0.05, 0) is 31.9 Å². The highest BCUT2D eigenvalue weighted by Crippen LogP contribution is 2.27. The number of sulfonamides is 1. The van der Waals surface area contributed by atoms with E-state index in [4.69, 9.17) is 18.0 Å². The van der Waals surface area contributed by atoms with Crippen LogP contribution in [-0.4, -0.2) is 46.5 Å². The van der Waals surface area contributed by atoms with Crippen molar-refractivity contribution in [3.63, 3.8) is 0 Å². The maximum Gasteiger partial charge on any atom is 0.245 e. The predicted octanol–water partition coefficient (Wildman–Crippen LogP) is 0.251. The third kappa shape index (κ3) is 2.98. The van der Waals surface area contributed by atoms with Gasteiger partial charge in [-0.25, -0.2) is 8.42 Å². The molecule has 1 aliphatic heterocycles. The molecule has 1 saturated heterocycles. The molecule has 1 aromatic rings. The summed E-state index contributed by atoms with van der Waals surface area (Å²) >= 11 is 4.85. The van der Waals surface area contributed by atoms with E-state index in [9.17, 15) is 13.5 Å². The largest absolute Gasteiger partial charge is 0.389 e. The van der Waals surface area contributed by atoms with Crippen molar-refractivity contribution in [1.82, 2.24) is 9.29 Å². The van der Waals surface area contributed by atoms with Gasteiger partial charge < -0.3 is 10.8 Å². The molecule has 0 bridgehead atoms. The average Bonchev–Trinajstić information content (AvgIpc) is 2.37. The van der Waals surface area contributed by atoms with Gasteiger partial charge in [0.2, 0.25) is 10.0 Å². The molecule has 1 atom stereocenters. The van der Waals surface area contributed by atoms with Crippen molar-refractivity contribution in [2.75, 3.05) is 13.1 Å². The molecular weight excluding hydrogens is 298 g/mol. The molecule has 8 heteroatoms. The summed E-state index contributed by atoms with van der Waals surface area (Å²) in [6, 6.07) is 2.96. The van der Waals surface area contributed by atoms with Crippen LogP contribution in [0.25, 0.3) is 0 Å². The summed E-state index contributed by atoms with van der Waals surface area (Å²) in [6.07, 6.45) is 2.63. The maximum absolute atomic E-state index is 12.7. The van der Waals surface area contributed by atoms with E-state index in [-0.39, 0.29) is 22.1 Å². The van der Waals surface area contributed by atoms with Crippen LogP contribution >= 0.6 is 12.2 Å². The molecule has 110 valence electrons. The first-order valence-electron chi connectivity index (χ1n) is 6.21. The van der Waals surface area contributed by atoms with Gasteiger partial charge >= 0.3 is 0 Å². The summed E-state index contributed by atoms with van der Waals surface area (Å²) in [4.78, 5) is 3.87. The van der Waals surface area contributed by atoms with Gasteiger partial charge in [-0.1, -0.05) is 12.2 Å². The highest BCUT2D eigenvalue weighted by Gasteiger charge is 2.36. The highest BCUT2D eigenvalue weighted by molar-refractivity contribution is 7.89. The molecule has 20 heavy (non-hydrogen) atoms. The standard InChI is InChI=1S/C12H17N3O3S2/c1-12(16)5-3-7-15(8-12)20(17,18)9-4-2-6-14-10(9)11(13)19/h2,4,6,16H,3,5,7-8H2,1H3,(H2,13,19). The molecule has 6 nitrogen and oxygen atoms in total. The Labute approximate surface area is 123 Å². The summed E-state index contributed by atoms with van der Waals surface area (Å²) in [5.41, 5.74) is 4.60. The van der Waals surface area contributed by atoms with Gasteiger partial charge in [0.1, 0.15) is 15.6 Å². The van der Waals surface area contributed by atoms with Crippen molar-refractivity contribution in [3.8, 4) is 0 Å². The van der Waals surface area contributed by atoms with Crippen LogP contribution in [0.2, 0.25) is 0 Å². The van der Waals surface area contributed by atoms with Crippen LogP contribution in [0.1, 0.15) is 25.5 Å². The number of nitrogens with two attached hydrogens (primary N) is 1. The molecule has 3 N–H and O–H groups in total. The van der Waals surface area contributed by atoms with Crippen LogP contribution < -0.4 is 5.73 Å². The zero-order chi connectivity index (χ0) is 15.0. The Kier molecular flexibility index (Phi) is 4.10. The monoisotopic (exact) mass is 315 g/mol. The third-order valence-electron chi connectivity index (χ3n) is 3.26. The number of piperidine rings is 1. The van der Waals surface area contributed by atoms with Crippen LogP contribution in [0.15, 0.2) is 23.2 Å². The van der Waals surface area contributed by atoms with Gasteiger partial charge in [0, 0.05) is 19.3 Å². The van der Waals surface area contributed by atoms with Crippen LogP contribution in [-0.2, 0) is 10.0 Å². The fourth-order valence-corrected chi connectivity index (χ4v) is 4.28. The van der Waals surface area contributed by atoms with E-state index < -0.39 is 15.6 Å². The van der Waals surface area contributed by atoms with Crippen LogP contribution in [0.4, 0.5) is 0 Å². The van der Waals surface area contributed by atoms with E-state index in [0.29, 0.717) is 19.4 Å². The van der Waals surface area contributed by atoms with Gasteiger partial charge in [0.25, 0.3) is 0 Å². The summed E-state index contributed by atoms with van der Waals surface area (Å²) < 4.78 is 26.6. The number of aliphatic hydroxyl groups is 1. The molecule has 0 aliphatic carbocycles. The van der Waals surface area contributed by atoms with Gasteiger partial charge in [0.15, 0.2) is 0 Å². The maximum atomic E-state index is 12.7. The Hall–Kier alpha value is -1.09. The van der Waals surface area contributed by atoms with Gasteiger partial charge in [-0.2, -0.15) is 4.31 Å². The quantitative estimate of drug-likeness (QED) is 0.776. The first kappa shape index (κ1) is 15.3. The number of rotatable bonds is 3. The van der Waals surface area contributed by atoms with Gasteiger partial charge in [0.05, 0.1) is 5.60 Å². The van der Waals surface area contributed by atoms with E-state index in [2.05, 4.69) is 4.98 Å². The van der Waals surface area contributed by atoms with Crippen molar-refractivity contribution >= 4 is 27.2 Å². The Bertz CT molecular complexity index is 629. The minimum atomic E-state index is -3.77. The Morgan fingerprint density at radius 1 is 1.60 bits per heavy atom. The summed E-state index contributed by atoms with van der Waals surface area (Å²) in [5.74, 6) is 0. The first-order valence-corrected chi connectivity index (χ1v) is 8.06. The SMILES string of the molecule is CC1(O)CCCN(S(=O)(=O)c2cccnc2C(N)=S)C1. The van der Waals surface area contributed by atoms with E-state index in [1.54, 1.807) is 6.92 Å². The lowest BCUT2D eigenvalue weighted by Gasteiger charge is -2.36. The van der Waals surface area contributed by atoms with Crippen molar-refractivity contribution < 1.29 is 13.5 Å². The number of β-amino-alcohol motifs (C(OH)–C–C–N with tert-alkyl or cyclic N) is 1. The van der Waals surface area contributed by atoms with E-state index in [0.717, 1.165) is 0 Å². The lowest BCUT2D eigenvalue weighted by molar-refractivity contribution is 0.00939. The molecule has 0 radical (unpaired) electrons. The van der Waals surface area contributed by atoms with Crippen LogP contribution in [0, 0.1) is 0 Å². The summed E-state index contributed by atoms with van der Waals surface area (Å²) in [7, 11) is -3.77. The van der Waals surface area contributed by atoms with Crippen molar-refractivity contribution in [2.24, 2.45) is 5.73 Å². The molecule has 1 unspecified atom stereocenters. The fraction of sp³-hybridized carbons (Fsp3) is 0.500. The molecule has 2 rings (SSSR count). The fourth-order valence-electron chi connectivity index (χ4n) is 2.30. The second-order valence-corrected chi connectivity index (χ2v) is 7.50. The molecule has 0 aromatic carbocycles. The zero-order valence-electron chi connectivity index (χ0n) is 11.1. The smallest absolute Gasteiger partial charge is 0.245 e. The Morgan fingerprint density at radius 3 is 2.90 bits per heavy atom. The Morgan fingerprint density at radius 2 is 2.30 bits per heavy atom. The molecular formula is C12H17N3O3S2. The van der Waals surface area contributed by atoms with Gasteiger partial charge in [-0.15, -0.1) is 0 Å². The van der Waals surface area contributed by atoms with Crippen LogP contribution in [0.5, 0.6) is 0 Å². The Balaban J connectivity index is 2.43. The average molecular weight is 315 g/mol. The van der Waals surface area contributed by atoms with Crippen LogP contribution in [0.3, 0.4) is 0 Å². The second-order valence-electron chi connectivity index (χ2n) is 5.15. The number of hydrogen-bond donors (Lipinski definition) is 2. The molecule has 0 spiro atoms. The van der Waals surface area contributed by atoms with Crippen molar-refractivity contribution in [2.45, 2.75) is 30.3 Å². The number of pyridine rings is 1. The molecule has 2 heterocycles. The van der Waals surface area contributed by atoms with E-state index in [1.807, 2.05) is 0 Å². The first-order chi connectivity index (χ1) is 9.24. The summed E-state index contributed by atoms with van der Waals surface area (Å²) in [5, 5.41) is 10.1. The molecule has 1 aliphatic rings. The number of nitrogens with zero attached hydrogens (tertiary/aromatic N) is 2. The predicted molar refractivity (Wildman–Crippen MR) is 78.7 cm³/mol.